The fourth-order valence-corrected chi connectivity index (χ4v) is 0.948. The molecule has 1 aliphatic heterocycles. The number of aliphatic hydroxyl groups is 5. The van der Waals surface area contributed by atoms with Crippen LogP contribution in [0.5, 0.6) is 0 Å². The Balaban J connectivity index is 2.63. The number of piperidine rings is 1. The largest absolute Gasteiger partial charge is 0.387 e. The molecule has 1 aliphatic rings. The van der Waals surface area contributed by atoms with Gasteiger partial charge < -0.3 is 25.5 Å². The van der Waals surface area contributed by atoms with E-state index in [0.29, 0.717) is 0 Å². The van der Waals surface area contributed by atoms with Crippen LogP contribution in [0.2, 0.25) is 0 Å². The van der Waals surface area contributed by atoms with Gasteiger partial charge in [-0.25, -0.2) is 0 Å². The molecule has 0 aromatic rings. The summed E-state index contributed by atoms with van der Waals surface area (Å²) in [5.41, 5.74) is 0. The Kier molecular flexibility index (Phi) is 2.43. The van der Waals surface area contributed by atoms with E-state index < -0.39 is 30.8 Å². The Morgan fingerprint density at radius 3 is 1.36 bits per heavy atom. The van der Waals surface area contributed by atoms with Crippen LogP contribution in [0.15, 0.2) is 0 Å². The predicted octanol–water partition coefficient (Wildman–Crippen LogP) is -3.69. The van der Waals surface area contributed by atoms with E-state index in [1.165, 1.54) is 0 Å². The van der Waals surface area contributed by atoms with Gasteiger partial charge in [-0.05, 0) is 0 Å². The minimum Gasteiger partial charge on any atom is -0.387 e. The van der Waals surface area contributed by atoms with Crippen molar-refractivity contribution in [1.29, 1.82) is 0 Å². The summed E-state index contributed by atoms with van der Waals surface area (Å²) in [6.07, 6.45) is -7.31. The molecule has 0 spiro atoms. The summed E-state index contributed by atoms with van der Waals surface area (Å²) >= 11 is 0. The third kappa shape index (κ3) is 1.51. The monoisotopic (exact) mass is 165 g/mol. The number of rotatable bonds is 0. The Morgan fingerprint density at radius 1 is 0.636 bits per heavy atom. The molecule has 6 N–H and O–H groups in total. The molecule has 1 rings (SSSR count). The third-order valence-electron chi connectivity index (χ3n) is 1.69. The summed E-state index contributed by atoms with van der Waals surface area (Å²) in [5, 5.41) is 46.5. The number of aliphatic hydroxyl groups excluding tert-OH is 5. The first-order valence-corrected chi connectivity index (χ1v) is 3.20. The summed E-state index contributed by atoms with van der Waals surface area (Å²) in [4.78, 5) is 0. The average molecular weight is 165 g/mol. The van der Waals surface area contributed by atoms with Crippen LogP contribution in [0.4, 0.5) is 0 Å². The maximum atomic E-state index is 8.93. The first-order valence-electron chi connectivity index (χ1n) is 3.20. The Labute approximate surface area is 62.7 Å². The van der Waals surface area contributed by atoms with E-state index in [1.54, 1.807) is 0 Å². The SMILES string of the molecule is OC1NC(O)[C@H](O)C(O)[C@H]1O. The first-order chi connectivity index (χ1) is 5.04. The lowest BCUT2D eigenvalue weighted by Gasteiger charge is -2.36. The Hall–Kier alpha value is -0.240. The van der Waals surface area contributed by atoms with Crippen LogP contribution in [0, 0.1) is 0 Å². The standard InChI is InChI=1S/C5H11NO5/c7-1-2(8)4(10)6-5(11)3(1)9/h1-11H/t1?,2-,3-,4?,5?/m1/s1. The van der Waals surface area contributed by atoms with E-state index in [9.17, 15) is 0 Å². The fraction of sp³-hybridized carbons (Fsp3) is 1.00. The lowest BCUT2D eigenvalue weighted by Crippen LogP contribution is -2.64. The molecule has 0 aromatic carbocycles. The van der Waals surface area contributed by atoms with Gasteiger partial charge in [-0.3, -0.25) is 5.32 Å². The molecule has 0 aliphatic carbocycles. The van der Waals surface area contributed by atoms with Gasteiger partial charge >= 0.3 is 0 Å². The minimum atomic E-state index is -1.53. The lowest BCUT2D eigenvalue weighted by atomic mass is 10.0. The molecule has 0 bridgehead atoms. The Bertz CT molecular complexity index is 129. The van der Waals surface area contributed by atoms with Crippen LogP contribution in [-0.2, 0) is 0 Å². The van der Waals surface area contributed by atoms with Gasteiger partial charge in [0, 0.05) is 0 Å². The number of nitrogens with one attached hydrogen (secondary N) is 1. The summed E-state index contributed by atoms with van der Waals surface area (Å²) in [6.45, 7) is 0. The maximum Gasteiger partial charge on any atom is 0.135 e. The van der Waals surface area contributed by atoms with Crippen molar-refractivity contribution < 1.29 is 25.5 Å². The zero-order valence-corrected chi connectivity index (χ0v) is 5.62. The lowest BCUT2D eigenvalue weighted by molar-refractivity contribution is -0.193. The highest BCUT2D eigenvalue weighted by Crippen LogP contribution is 2.11. The number of hydrogen-bond acceptors (Lipinski definition) is 6. The Morgan fingerprint density at radius 2 is 1.00 bits per heavy atom. The molecular weight excluding hydrogens is 154 g/mol. The van der Waals surface area contributed by atoms with Gasteiger partial charge in [0.25, 0.3) is 0 Å². The van der Waals surface area contributed by atoms with E-state index in [2.05, 4.69) is 5.32 Å². The molecule has 0 saturated carbocycles. The van der Waals surface area contributed by atoms with Crippen molar-refractivity contribution in [2.45, 2.75) is 30.8 Å². The molecule has 6 heteroatoms. The van der Waals surface area contributed by atoms with Crippen LogP contribution >= 0.6 is 0 Å². The molecule has 1 heterocycles. The molecule has 4 atom stereocenters. The van der Waals surface area contributed by atoms with Crippen LogP contribution in [0.1, 0.15) is 0 Å². The van der Waals surface area contributed by atoms with E-state index in [4.69, 9.17) is 25.5 Å². The van der Waals surface area contributed by atoms with E-state index in [1.807, 2.05) is 0 Å². The van der Waals surface area contributed by atoms with Crippen molar-refractivity contribution in [2.75, 3.05) is 0 Å². The quantitative estimate of drug-likeness (QED) is 0.220. The van der Waals surface area contributed by atoms with Gasteiger partial charge in [0.05, 0.1) is 0 Å². The van der Waals surface area contributed by atoms with Crippen molar-refractivity contribution in [3.05, 3.63) is 0 Å². The fourth-order valence-electron chi connectivity index (χ4n) is 0.948. The highest BCUT2D eigenvalue weighted by Gasteiger charge is 2.40. The van der Waals surface area contributed by atoms with Crippen LogP contribution in [0.3, 0.4) is 0 Å². The highest BCUT2D eigenvalue weighted by molar-refractivity contribution is 4.89. The minimum absolute atomic E-state index is 1.41. The van der Waals surface area contributed by atoms with Gasteiger partial charge in [-0.15, -0.1) is 0 Å². The third-order valence-corrected chi connectivity index (χ3v) is 1.69. The first kappa shape index (κ1) is 8.85. The van der Waals surface area contributed by atoms with Gasteiger partial charge in [0.15, 0.2) is 0 Å². The zero-order chi connectivity index (χ0) is 8.59. The molecular formula is C5H11NO5. The second-order valence-corrected chi connectivity index (χ2v) is 2.53. The van der Waals surface area contributed by atoms with E-state index in [0.717, 1.165) is 0 Å². The molecule has 66 valence electrons. The van der Waals surface area contributed by atoms with Crippen molar-refractivity contribution >= 4 is 0 Å². The van der Waals surface area contributed by atoms with Gasteiger partial charge in [0.2, 0.25) is 0 Å². The predicted molar refractivity (Wildman–Crippen MR) is 33.2 cm³/mol. The van der Waals surface area contributed by atoms with E-state index >= 15 is 0 Å². The topological polar surface area (TPSA) is 113 Å². The summed E-state index contributed by atoms with van der Waals surface area (Å²) in [7, 11) is 0. The smallest absolute Gasteiger partial charge is 0.135 e. The highest BCUT2D eigenvalue weighted by atomic mass is 16.4. The number of hydrogen-bond donors (Lipinski definition) is 6. The maximum absolute atomic E-state index is 8.93. The van der Waals surface area contributed by atoms with Crippen LogP contribution < -0.4 is 5.32 Å². The second kappa shape index (κ2) is 3.02. The molecule has 0 aromatic heterocycles. The normalized spacial score (nSPS) is 52.6. The summed E-state index contributed by atoms with van der Waals surface area (Å²) < 4.78 is 0. The van der Waals surface area contributed by atoms with Gasteiger partial charge in [0.1, 0.15) is 30.8 Å². The van der Waals surface area contributed by atoms with Gasteiger partial charge in [-0.1, -0.05) is 0 Å². The van der Waals surface area contributed by atoms with Crippen molar-refractivity contribution in [3.8, 4) is 0 Å². The van der Waals surface area contributed by atoms with Crippen molar-refractivity contribution in [3.63, 3.8) is 0 Å². The summed E-state index contributed by atoms with van der Waals surface area (Å²) in [5.74, 6) is 0. The zero-order valence-electron chi connectivity index (χ0n) is 5.62. The van der Waals surface area contributed by atoms with Crippen molar-refractivity contribution in [1.82, 2.24) is 5.32 Å². The molecule has 1 fully saturated rings. The molecule has 6 nitrogen and oxygen atoms in total. The van der Waals surface area contributed by atoms with Crippen molar-refractivity contribution in [2.24, 2.45) is 0 Å². The van der Waals surface area contributed by atoms with E-state index in [-0.39, 0.29) is 0 Å². The van der Waals surface area contributed by atoms with Crippen LogP contribution in [0.25, 0.3) is 0 Å². The molecule has 1 saturated heterocycles. The molecule has 11 heavy (non-hydrogen) atoms. The molecule has 2 unspecified atom stereocenters. The summed E-state index contributed by atoms with van der Waals surface area (Å²) in [6, 6.07) is 0. The average Bonchev–Trinajstić information content (AvgIpc) is 1.97. The molecule has 0 amide bonds. The van der Waals surface area contributed by atoms with Gasteiger partial charge in [-0.2, -0.15) is 0 Å². The molecule has 0 radical (unpaired) electrons. The van der Waals surface area contributed by atoms with Crippen LogP contribution in [-0.4, -0.2) is 56.3 Å². The second-order valence-electron chi connectivity index (χ2n) is 2.53.